The molecular weight excluding hydrogens is 204 g/mol. The normalized spacial score (nSPS) is 11.5. The number of rotatable bonds is 9. The number of carbonyl (C=O) groups is 1. The molecule has 0 radical (unpaired) electrons. The van der Waals surface area contributed by atoms with Gasteiger partial charge in [-0.2, -0.15) is 0 Å². The highest BCUT2D eigenvalue weighted by molar-refractivity contribution is 5.75. The number of hydrogen-bond acceptors (Lipinski definition) is 3. The molecule has 0 aliphatic heterocycles. The highest BCUT2D eigenvalue weighted by Gasteiger charge is 2.17. The Balaban J connectivity index is 3.56. The molecule has 0 saturated carbocycles. The molecule has 0 aromatic carbocycles. The van der Waals surface area contributed by atoms with Gasteiger partial charge in [-0.1, -0.05) is 13.8 Å². The number of amides is 1. The van der Waals surface area contributed by atoms with Crippen molar-refractivity contribution in [2.75, 3.05) is 26.3 Å². The molecule has 0 bridgehead atoms. The Hall–Kier alpha value is -0.610. The minimum Gasteiger partial charge on any atom is -0.382 e. The first-order valence-corrected chi connectivity index (χ1v) is 6.06. The van der Waals surface area contributed by atoms with Crippen LogP contribution in [-0.2, 0) is 9.53 Å². The Labute approximate surface area is 98.9 Å². The van der Waals surface area contributed by atoms with E-state index >= 15 is 0 Å². The molecule has 0 heterocycles. The van der Waals surface area contributed by atoms with Crippen LogP contribution in [0.5, 0.6) is 0 Å². The van der Waals surface area contributed by atoms with Gasteiger partial charge < -0.3 is 15.8 Å². The van der Waals surface area contributed by atoms with E-state index < -0.39 is 0 Å². The van der Waals surface area contributed by atoms with E-state index in [0.717, 1.165) is 12.8 Å². The van der Waals surface area contributed by atoms with Crippen molar-refractivity contribution < 1.29 is 9.53 Å². The van der Waals surface area contributed by atoms with Crippen LogP contribution >= 0.6 is 0 Å². The average molecular weight is 230 g/mol. The van der Waals surface area contributed by atoms with E-state index in [1.807, 2.05) is 6.92 Å². The monoisotopic (exact) mass is 230 g/mol. The van der Waals surface area contributed by atoms with E-state index in [1.165, 1.54) is 0 Å². The predicted octanol–water partition coefficient (Wildman–Crippen LogP) is 1.29. The summed E-state index contributed by atoms with van der Waals surface area (Å²) in [6, 6.07) is 0. The van der Waals surface area contributed by atoms with Gasteiger partial charge in [-0.05, 0) is 31.7 Å². The molecule has 0 spiro atoms. The van der Waals surface area contributed by atoms with Gasteiger partial charge >= 0.3 is 0 Å². The molecule has 0 saturated heterocycles. The number of hydrogen-bond donors (Lipinski definition) is 2. The average Bonchev–Trinajstić information content (AvgIpc) is 2.22. The number of nitrogens with one attached hydrogen (secondary N) is 1. The van der Waals surface area contributed by atoms with Crippen molar-refractivity contribution in [3.8, 4) is 0 Å². The first kappa shape index (κ1) is 15.4. The van der Waals surface area contributed by atoms with Crippen LogP contribution < -0.4 is 11.1 Å². The maximum atomic E-state index is 11.5. The fraction of sp³-hybridized carbons (Fsp3) is 0.917. The molecular formula is C12H26N2O2. The van der Waals surface area contributed by atoms with Gasteiger partial charge in [-0.15, -0.1) is 0 Å². The van der Waals surface area contributed by atoms with Gasteiger partial charge in [0, 0.05) is 26.2 Å². The lowest BCUT2D eigenvalue weighted by Gasteiger charge is -2.24. The van der Waals surface area contributed by atoms with Crippen molar-refractivity contribution in [3.63, 3.8) is 0 Å². The third-order valence-corrected chi connectivity index (χ3v) is 2.48. The minimum absolute atomic E-state index is 0.0876. The third-order valence-electron chi connectivity index (χ3n) is 2.48. The van der Waals surface area contributed by atoms with Crippen molar-refractivity contribution in [2.24, 2.45) is 11.1 Å². The Morgan fingerprint density at radius 3 is 2.69 bits per heavy atom. The van der Waals surface area contributed by atoms with Crippen LogP contribution in [0, 0.1) is 5.41 Å². The summed E-state index contributed by atoms with van der Waals surface area (Å²) in [6.07, 6.45) is 2.25. The predicted molar refractivity (Wildman–Crippen MR) is 66.2 cm³/mol. The SMILES string of the molecule is CCOCCCC(=O)NCC(C)(C)CCN. The highest BCUT2D eigenvalue weighted by atomic mass is 16.5. The molecule has 0 fully saturated rings. The molecule has 96 valence electrons. The van der Waals surface area contributed by atoms with Gasteiger partial charge in [0.2, 0.25) is 5.91 Å². The van der Waals surface area contributed by atoms with Gasteiger partial charge in [0.1, 0.15) is 0 Å². The largest absolute Gasteiger partial charge is 0.382 e. The van der Waals surface area contributed by atoms with Crippen LogP contribution in [0.4, 0.5) is 0 Å². The molecule has 0 unspecified atom stereocenters. The summed E-state index contributed by atoms with van der Waals surface area (Å²) in [4.78, 5) is 11.5. The third kappa shape index (κ3) is 8.68. The van der Waals surface area contributed by atoms with Gasteiger partial charge in [0.05, 0.1) is 0 Å². The van der Waals surface area contributed by atoms with Crippen molar-refractivity contribution in [3.05, 3.63) is 0 Å². The van der Waals surface area contributed by atoms with E-state index in [0.29, 0.717) is 32.7 Å². The highest BCUT2D eigenvalue weighted by Crippen LogP contribution is 2.17. The van der Waals surface area contributed by atoms with Crippen molar-refractivity contribution in [2.45, 2.75) is 40.0 Å². The molecule has 0 aliphatic carbocycles. The molecule has 0 aromatic heterocycles. The van der Waals surface area contributed by atoms with Crippen LogP contribution in [0.25, 0.3) is 0 Å². The summed E-state index contributed by atoms with van der Waals surface area (Å²) in [6.45, 7) is 8.90. The van der Waals surface area contributed by atoms with Gasteiger partial charge in [-0.25, -0.2) is 0 Å². The second kappa shape index (κ2) is 8.53. The lowest BCUT2D eigenvalue weighted by molar-refractivity contribution is -0.121. The fourth-order valence-electron chi connectivity index (χ4n) is 1.38. The first-order valence-electron chi connectivity index (χ1n) is 6.06. The maximum Gasteiger partial charge on any atom is 0.220 e. The lowest BCUT2D eigenvalue weighted by Crippen LogP contribution is -2.35. The smallest absolute Gasteiger partial charge is 0.220 e. The van der Waals surface area contributed by atoms with Crippen molar-refractivity contribution in [1.82, 2.24) is 5.32 Å². The summed E-state index contributed by atoms with van der Waals surface area (Å²) in [5, 5.41) is 2.93. The van der Waals surface area contributed by atoms with Crippen molar-refractivity contribution in [1.29, 1.82) is 0 Å². The molecule has 0 aliphatic rings. The van der Waals surface area contributed by atoms with E-state index in [1.54, 1.807) is 0 Å². The molecule has 4 heteroatoms. The quantitative estimate of drug-likeness (QED) is 0.587. The Kier molecular flexibility index (Phi) is 8.21. The molecule has 16 heavy (non-hydrogen) atoms. The van der Waals surface area contributed by atoms with Crippen LogP contribution in [0.15, 0.2) is 0 Å². The van der Waals surface area contributed by atoms with Gasteiger partial charge in [-0.3, -0.25) is 4.79 Å². The summed E-state index contributed by atoms with van der Waals surface area (Å²) in [5.74, 6) is 0.102. The number of ether oxygens (including phenoxy) is 1. The summed E-state index contributed by atoms with van der Waals surface area (Å²) in [5.41, 5.74) is 5.59. The molecule has 0 rings (SSSR count). The van der Waals surface area contributed by atoms with Crippen LogP contribution in [-0.4, -0.2) is 32.2 Å². The molecule has 0 atom stereocenters. The number of carbonyl (C=O) groups excluding carboxylic acids is 1. The topological polar surface area (TPSA) is 64.3 Å². The standard InChI is InChI=1S/C12H26N2O2/c1-4-16-9-5-6-11(15)14-10-12(2,3)7-8-13/h4-10,13H2,1-3H3,(H,14,15). The summed E-state index contributed by atoms with van der Waals surface area (Å²) >= 11 is 0. The van der Waals surface area contributed by atoms with Crippen LogP contribution in [0.1, 0.15) is 40.0 Å². The Morgan fingerprint density at radius 2 is 2.12 bits per heavy atom. The van der Waals surface area contributed by atoms with E-state index in [4.69, 9.17) is 10.5 Å². The van der Waals surface area contributed by atoms with Gasteiger partial charge in [0.15, 0.2) is 0 Å². The lowest BCUT2D eigenvalue weighted by atomic mass is 9.89. The Morgan fingerprint density at radius 1 is 1.44 bits per heavy atom. The fourth-order valence-corrected chi connectivity index (χ4v) is 1.38. The maximum absolute atomic E-state index is 11.5. The summed E-state index contributed by atoms with van der Waals surface area (Å²) < 4.78 is 5.17. The second-order valence-corrected chi connectivity index (χ2v) is 4.78. The van der Waals surface area contributed by atoms with Crippen molar-refractivity contribution >= 4 is 5.91 Å². The molecule has 1 amide bonds. The first-order chi connectivity index (χ1) is 7.52. The van der Waals surface area contributed by atoms with Crippen LogP contribution in [0.2, 0.25) is 0 Å². The molecule has 0 aromatic rings. The van der Waals surface area contributed by atoms with E-state index in [2.05, 4.69) is 19.2 Å². The molecule has 4 nitrogen and oxygen atoms in total. The van der Waals surface area contributed by atoms with Crippen LogP contribution in [0.3, 0.4) is 0 Å². The number of nitrogens with two attached hydrogens (primary N) is 1. The van der Waals surface area contributed by atoms with E-state index in [-0.39, 0.29) is 11.3 Å². The van der Waals surface area contributed by atoms with Gasteiger partial charge in [0.25, 0.3) is 0 Å². The molecule has 3 N–H and O–H groups in total. The summed E-state index contributed by atoms with van der Waals surface area (Å²) in [7, 11) is 0. The zero-order chi connectivity index (χ0) is 12.4. The second-order valence-electron chi connectivity index (χ2n) is 4.78. The zero-order valence-electron chi connectivity index (χ0n) is 10.8. The minimum atomic E-state index is 0.0876. The zero-order valence-corrected chi connectivity index (χ0v) is 10.8. The van der Waals surface area contributed by atoms with E-state index in [9.17, 15) is 4.79 Å². The Bertz CT molecular complexity index is 193.